The van der Waals surface area contributed by atoms with Crippen LogP contribution in [0.5, 0.6) is 0 Å². The van der Waals surface area contributed by atoms with Crippen molar-refractivity contribution in [2.45, 2.75) is 25.9 Å². The quantitative estimate of drug-likeness (QED) is 0.732. The second-order valence-electron chi connectivity index (χ2n) is 3.90. The van der Waals surface area contributed by atoms with Gasteiger partial charge in [-0.2, -0.15) is 13.2 Å². The van der Waals surface area contributed by atoms with E-state index in [4.69, 9.17) is 0 Å². The molecule has 0 amide bonds. The molecule has 2 nitrogen and oxygen atoms in total. The van der Waals surface area contributed by atoms with Crippen molar-refractivity contribution in [3.05, 3.63) is 23.9 Å². The van der Waals surface area contributed by atoms with Gasteiger partial charge in [-0.05, 0) is 18.6 Å². The first kappa shape index (κ1) is 15.3. The lowest BCUT2D eigenvalue weighted by Gasteiger charge is -2.25. The molecule has 1 heterocycles. The molecule has 1 aromatic heterocycles. The van der Waals surface area contributed by atoms with E-state index in [0.29, 0.717) is 18.4 Å². The zero-order valence-corrected chi connectivity index (χ0v) is 11.8. The van der Waals surface area contributed by atoms with Crippen LogP contribution in [0.1, 0.15) is 25.3 Å². The Bertz CT molecular complexity index is 369. The molecule has 0 unspecified atom stereocenters. The third-order valence-corrected chi connectivity index (χ3v) is 2.88. The van der Waals surface area contributed by atoms with Crippen molar-refractivity contribution in [3.63, 3.8) is 0 Å². The fourth-order valence-corrected chi connectivity index (χ4v) is 2.07. The van der Waals surface area contributed by atoms with Gasteiger partial charge in [0.1, 0.15) is 5.82 Å². The van der Waals surface area contributed by atoms with E-state index in [9.17, 15) is 13.2 Å². The Morgan fingerprint density at radius 1 is 1.33 bits per heavy atom. The summed E-state index contributed by atoms with van der Waals surface area (Å²) < 4.78 is 38.7. The van der Waals surface area contributed by atoms with Crippen LogP contribution in [0.2, 0.25) is 0 Å². The molecule has 18 heavy (non-hydrogen) atoms. The summed E-state index contributed by atoms with van der Waals surface area (Å²) in [7, 11) is 0. The number of aromatic nitrogens is 1. The minimum Gasteiger partial charge on any atom is -0.355 e. The maximum absolute atomic E-state index is 12.9. The van der Waals surface area contributed by atoms with E-state index in [1.54, 1.807) is 4.90 Å². The first-order chi connectivity index (χ1) is 8.50. The van der Waals surface area contributed by atoms with Gasteiger partial charge in [0.15, 0.2) is 0 Å². The lowest BCUT2D eigenvalue weighted by molar-refractivity contribution is -0.137. The highest BCUT2D eigenvalue weighted by Crippen LogP contribution is 2.35. The number of hydrogen-bond donors (Lipinski definition) is 0. The molecule has 0 saturated carbocycles. The number of unbranched alkanes of at least 4 members (excludes halogenated alkanes) is 1. The van der Waals surface area contributed by atoms with Gasteiger partial charge in [-0.3, -0.25) is 0 Å². The van der Waals surface area contributed by atoms with Crippen molar-refractivity contribution in [2.75, 3.05) is 23.3 Å². The highest BCUT2D eigenvalue weighted by molar-refractivity contribution is 9.09. The number of hydrogen-bond acceptors (Lipinski definition) is 2. The summed E-state index contributed by atoms with van der Waals surface area (Å²) in [5.41, 5.74) is -0.665. The third-order valence-electron chi connectivity index (χ3n) is 2.53. The minimum atomic E-state index is -4.36. The van der Waals surface area contributed by atoms with Crippen molar-refractivity contribution in [1.29, 1.82) is 0 Å². The van der Waals surface area contributed by atoms with Gasteiger partial charge in [0, 0.05) is 24.6 Å². The maximum Gasteiger partial charge on any atom is 0.419 e. The number of halogens is 4. The second-order valence-corrected chi connectivity index (χ2v) is 4.69. The fraction of sp³-hybridized carbons (Fsp3) is 0.583. The SMILES string of the molecule is CCCCN(CCBr)c1ncccc1C(F)(F)F. The summed E-state index contributed by atoms with van der Waals surface area (Å²) in [5.74, 6) is 0.0258. The second kappa shape index (κ2) is 6.97. The molecule has 0 aliphatic carbocycles. The van der Waals surface area contributed by atoms with Gasteiger partial charge in [0.05, 0.1) is 5.56 Å². The van der Waals surface area contributed by atoms with Crippen molar-refractivity contribution < 1.29 is 13.2 Å². The Balaban J connectivity index is 3.03. The molecule has 6 heteroatoms. The first-order valence-electron chi connectivity index (χ1n) is 5.83. The van der Waals surface area contributed by atoms with Crippen LogP contribution in [-0.4, -0.2) is 23.4 Å². The van der Waals surface area contributed by atoms with Crippen LogP contribution in [0, 0.1) is 0 Å². The molecule has 0 spiro atoms. The number of pyridine rings is 1. The van der Waals surface area contributed by atoms with Crippen LogP contribution in [0.25, 0.3) is 0 Å². The summed E-state index contributed by atoms with van der Waals surface area (Å²) in [6.45, 7) is 3.11. The molecule has 0 N–H and O–H groups in total. The molecule has 0 aromatic carbocycles. The van der Waals surface area contributed by atoms with Gasteiger partial charge < -0.3 is 4.90 Å². The van der Waals surface area contributed by atoms with E-state index >= 15 is 0 Å². The molecular formula is C12H16BrF3N2. The predicted molar refractivity (Wildman–Crippen MR) is 70.2 cm³/mol. The van der Waals surface area contributed by atoms with Gasteiger partial charge in [-0.25, -0.2) is 4.98 Å². The predicted octanol–water partition coefficient (Wildman–Crippen LogP) is 4.10. The average molecular weight is 325 g/mol. The third kappa shape index (κ3) is 4.15. The monoisotopic (exact) mass is 324 g/mol. The van der Waals surface area contributed by atoms with Crippen molar-refractivity contribution >= 4 is 21.7 Å². The normalized spacial score (nSPS) is 11.6. The molecule has 0 bridgehead atoms. The van der Waals surface area contributed by atoms with Crippen LogP contribution in [0.4, 0.5) is 19.0 Å². The van der Waals surface area contributed by atoms with E-state index in [-0.39, 0.29) is 5.82 Å². The minimum absolute atomic E-state index is 0.0258. The zero-order valence-electron chi connectivity index (χ0n) is 10.2. The molecule has 0 fully saturated rings. The van der Waals surface area contributed by atoms with Crippen molar-refractivity contribution in [2.24, 2.45) is 0 Å². The number of nitrogens with zero attached hydrogens (tertiary/aromatic N) is 2. The van der Waals surface area contributed by atoms with Crippen LogP contribution in [0.15, 0.2) is 18.3 Å². The smallest absolute Gasteiger partial charge is 0.355 e. The average Bonchev–Trinajstić information content (AvgIpc) is 2.33. The Hall–Kier alpha value is -0.780. The van der Waals surface area contributed by atoms with Gasteiger partial charge in [0.2, 0.25) is 0 Å². The highest BCUT2D eigenvalue weighted by Gasteiger charge is 2.35. The van der Waals surface area contributed by atoms with Crippen LogP contribution in [-0.2, 0) is 6.18 Å². The number of alkyl halides is 4. The largest absolute Gasteiger partial charge is 0.419 e. The molecule has 0 radical (unpaired) electrons. The molecule has 102 valence electrons. The molecule has 1 rings (SSSR count). The summed E-state index contributed by atoms with van der Waals surface area (Å²) in [5, 5.41) is 0.616. The maximum atomic E-state index is 12.9. The van der Waals surface area contributed by atoms with Crippen LogP contribution in [0.3, 0.4) is 0 Å². The Morgan fingerprint density at radius 3 is 2.61 bits per heavy atom. The first-order valence-corrected chi connectivity index (χ1v) is 6.96. The number of rotatable bonds is 6. The molecule has 0 aliphatic heterocycles. The van der Waals surface area contributed by atoms with Gasteiger partial charge in [-0.15, -0.1) is 0 Å². The topological polar surface area (TPSA) is 16.1 Å². The molecular weight excluding hydrogens is 309 g/mol. The summed E-state index contributed by atoms with van der Waals surface area (Å²) in [4.78, 5) is 5.58. The standard InChI is InChI=1S/C12H16BrF3N2/c1-2-3-8-18(9-6-13)11-10(12(14,15)16)5-4-7-17-11/h4-5,7H,2-3,6,8-9H2,1H3. The van der Waals surface area contributed by atoms with E-state index in [1.165, 1.54) is 12.3 Å². The number of anilines is 1. The van der Waals surface area contributed by atoms with Crippen LogP contribution >= 0.6 is 15.9 Å². The van der Waals surface area contributed by atoms with Gasteiger partial charge >= 0.3 is 6.18 Å². The molecule has 0 atom stereocenters. The summed E-state index contributed by atoms with van der Waals surface area (Å²) in [6, 6.07) is 2.40. The fourth-order valence-electron chi connectivity index (χ4n) is 1.64. The lowest BCUT2D eigenvalue weighted by atomic mass is 10.2. The van der Waals surface area contributed by atoms with Crippen molar-refractivity contribution in [1.82, 2.24) is 4.98 Å². The van der Waals surface area contributed by atoms with Crippen LogP contribution < -0.4 is 4.90 Å². The van der Waals surface area contributed by atoms with E-state index < -0.39 is 11.7 Å². The molecule has 0 aliphatic rings. The Morgan fingerprint density at radius 2 is 2.06 bits per heavy atom. The van der Waals surface area contributed by atoms with Gasteiger partial charge in [0.25, 0.3) is 0 Å². The van der Waals surface area contributed by atoms with Gasteiger partial charge in [-0.1, -0.05) is 29.3 Å². The molecule has 0 saturated heterocycles. The Labute approximate surface area is 113 Å². The van der Waals surface area contributed by atoms with Crippen molar-refractivity contribution in [3.8, 4) is 0 Å². The Kier molecular flexibility index (Phi) is 5.91. The van der Waals surface area contributed by atoms with E-state index in [0.717, 1.165) is 18.9 Å². The van der Waals surface area contributed by atoms with E-state index in [2.05, 4.69) is 20.9 Å². The highest BCUT2D eigenvalue weighted by atomic mass is 79.9. The zero-order chi connectivity index (χ0) is 13.6. The summed E-state index contributed by atoms with van der Waals surface area (Å²) in [6.07, 6.45) is -1.17. The van der Waals surface area contributed by atoms with E-state index in [1.807, 2.05) is 6.92 Å². The molecule has 1 aromatic rings. The summed E-state index contributed by atoms with van der Waals surface area (Å²) >= 11 is 3.26. The lowest BCUT2D eigenvalue weighted by Crippen LogP contribution is -2.29.